The first-order chi connectivity index (χ1) is 14.0. The molecule has 1 aromatic carbocycles. The van der Waals surface area contributed by atoms with E-state index >= 15 is 0 Å². The molecule has 0 unspecified atom stereocenters. The molecule has 1 amide bonds. The van der Waals surface area contributed by atoms with Crippen LogP contribution < -0.4 is 20.1 Å². The second-order valence-electron chi connectivity index (χ2n) is 6.00. The van der Waals surface area contributed by atoms with Crippen molar-refractivity contribution in [3.63, 3.8) is 0 Å². The molecule has 1 aromatic heterocycles. The van der Waals surface area contributed by atoms with Gasteiger partial charge in [0.2, 0.25) is 11.7 Å². The molecule has 0 fully saturated rings. The van der Waals surface area contributed by atoms with E-state index in [1.807, 2.05) is 0 Å². The van der Waals surface area contributed by atoms with Gasteiger partial charge in [-0.15, -0.1) is 0 Å². The highest BCUT2D eigenvalue weighted by atomic mass is 16.6. The van der Waals surface area contributed by atoms with Crippen LogP contribution in [0.3, 0.4) is 0 Å². The zero-order valence-corrected chi connectivity index (χ0v) is 15.7. The normalized spacial score (nSPS) is 14.7. The van der Waals surface area contributed by atoms with E-state index in [-0.39, 0.29) is 37.1 Å². The monoisotopic (exact) mass is 400 g/mol. The summed E-state index contributed by atoms with van der Waals surface area (Å²) < 4.78 is 16.3. The Morgan fingerprint density at radius 2 is 2.07 bits per heavy atom. The lowest BCUT2D eigenvalue weighted by atomic mass is 10.2. The molecule has 0 saturated heterocycles. The summed E-state index contributed by atoms with van der Waals surface area (Å²) in [6.45, 7) is 2.21. The van der Waals surface area contributed by atoms with E-state index in [0.717, 1.165) is 4.90 Å². The van der Waals surface area contributed by atoms with Crippen LogP contribution in [0.5, 0.6) is 11.6 Å². The quantitative estimate of drug-likeness (QED) is 0.462. The molecule has 0 spiro atoms. The first-order valence-corrected chi connectivity index (χ1v) is 8.88. The molecule has 1 aliphatic heterocycles. The average Bonchev–Trinajstić information content (AvgIpc) is 2.68. The summed E-state index contributed by atoms with van der Waals surface area (Å²) in [6, 6.07) is 8.38. The van der Waals surface area contributed by atoms with Crippen LogP contribution >= 0.6 is 0 Å². The number of hydrogen-bond acceptors (Lipinski definition) is 8. The summed E-state index contributed by atoms with van der Waals surface area (Å²) in [6.07, 6.45) is 2.74. The van der Waals surface area contributed by atoms with Gasteiger partial charge in [0.25, 0.3) is 0 Å². The van der Waals surface area contributed by atoms with Crippen molar-refractivity contribution in [3.05, 3.63) is 58.2 Å². The molecular weight excluding hydrogens is 380 g/mol. The van der Waals surface area contributed by atoms with Crippen LogP contribution in [0.4, 0.5) is 22.0 Å². The Bertz CT molecular complexity index is 946. The maximum absolute atomic E-state index is 12.7. The van der Waals surface area contributed by atoms with E-state index in [1.54, 1.807) is 43.3 Å². The summed E-state index contributed by atoms with van der Waals surface area (Å²) in [7, 11) is 0. The molecule has 4 bridgehead atoms. The van der Waals surface area contributed by atoms with Crippen LogP contribution in [0.1, 0.15) is 12.5 Å². The Morgan fingerprint density at radius 1 is 1.31 bits per heavy atom. The molecule has 2 aromatic rings. The molecule has 0 radical (unpaired) electrons. The Balaban J connectivity index is 2.16. The predicted molar refractivity (Wildman–Crippen MR) is 105 cm³/mol. The van der Waals surface area contributed by atoms with Crippen LogP contribution in [-0.2, 0) is 11.3 Å². The maximum atomic E-state index is 12.7. The van der Waals surface area contributed by atoms with E-state index in [9.17, 15) is 14.9 Å². The first kappa shape index (κ1) is 19.9. The molecular formula is C19H20N4O6. The van der Waals surface area contributed by atoms with Crippen molar-refractivity contribution >= 4 is 23.3 Å². The van der Waals surface area contributed by atoms with Gasteiger partial charge in [-0.1, -0.05) is 12.1 Å². The van der Waals surface area contributed by atoms with Crippen LogP contribution in [0.25, 0.3) is 0 Å². The molecule has 1 aliphatic rings. The molecule has 3 rings (SSSR count). The number of nitrogen functional groups attached to an aromatic ring is 1. The van der Waals surface area contributed by atoms with Crippen LogP contribution in [0.2, 0.25) is 0 Å². The highest BCUT2D eigenvalue weighted by Crippen LogP contribution is 2.37. The summed E-state index contributed by atoms with van der Waals surface area (Å²) in [4.78, 5) is 28.7. The molecule has 29 heavy (non-hydrogen) atoms. The third kappa shape index (κ3) is 4.72. The topological polar surface area (TPSA) is 130 Å². The number of amides is 1. The zero-order valence-electron chi connectivity index (χ0n) is 15.7. The van der Waals surface area contributed by atoms with Gasteiger partial charge in [-0.05, 0) is 36.8 Å². The summed E-state index contributed by atoms with van der Waals surface area (Å²) in [5.41, 5.74) is 5.94. The van der Waals surface area contributed by atoms with Gasteiger partial charge in [0, 0.05) is 6.07 Å². The van der Waals surface area contributed by atoms with Crippen molar-refractivity contribution in [1.82, 2.24) is 4.98 Å². The Morgan fingerprint density at radius 3 is 2.79 bits per heavy atom. The fraction of sp³-hybridized carbons (Fsp3) is 0.263. The molecule has 0 aliphatic carbocycles. The van der Waals surface area contributed by atoms with Crippen LogP contribution in [-0.4, -0.2) is 35.8 Å². The number of ether oxygens (including phenoxy) is 3. The van der Waals surface area contributed by atoms with Gasteiger partial charge in [0.15, 0.2) is 0 Å². The van der Waals surface area contributed by atoms with Crippen molar-refractivity contribution in [1.29, 1.82) is 0 Å². The Labute approximate surface area is 166 Å². The van der Waals surface area contributed by atoms with E-state index < -0.39 is 16.7 Å². The number of anilines is 2. The first-order valence-electron chi connectivity index (χ1n) is 8.88. The number of fused-ring (bicyclic) bond motifs is 4. The van der Waals surface area contributed by atoms with Crippen molar-refractivity contribution in [2.45, 2.75) is 13.5 Å². The Hall–Kier alpha value is -3.82. The number of pyridine rings is 1. The molecule has 10 heteroatoms. The second-order valence-corrected chi connectivity index (χ2v) is 6.00. The molecule has 0 saturated carbocycles. The molecule has 152 valence electrons. The smallest absolute Gasteiger partial charge is 0.414 e. The van der Waals surface area contributed by atoms with Crippen molar-refractivity contribution in [2.24, 2.45) is 0 Å². The summed E-state index contributed by atoms with van der Waals surface area (Å²) in [5, 5.41) is 11.6. The van der Waals surface area contributed by atoms with Gasteiger partial charge in [-0.2, -0.15) is 4.98 Å². The van der Waals surface area contributed by atoms with E-state index in [4.69, 9.17) is 19.9 Å². The lowest BCUT2D eigenvalue weighted by Crippen LogP contribution is -2.32. The van der Waals surface area contributed by atoms with Crippen LogP contribution in [0.15, 0.2) is 42.5 Å². The van der Waals surface area contributed by atoms with E-state index in [2.05, 4.69) is 4.98 Å². The van der Waals surface area contributed by atoms with Crippen molar-refractivity contribution in [3.8, 4) is 11.6 Å². The van der Waals surface area contributed by atoms with Gasteiger partial charge in [-0.3, -0.25) is 15.0 Å². The van der Waals surface area contributed by atoms with Crippen molar-refractivity contribution in [2.75, 3.05) is 30.5 Å². The minimum atomic E-state index is -0.759. The van der Waals surface area contributed by atoms with Gasteiger partial charge < -0.3 is 19.9 Å². The zero-order chi connectivity index (χ0) is 20.8. The Kier molecular flexibility index (Phi) is 6.12. The fourth-order valence-electron chi connectivity index (χ4n) is 2.77. The lowest BCUT2D eigenvalue weighted by molar-refractivity contribution is -0.383. The van der Waals surface area contributed by atoms with Crippen molar-refractivity contribution < 1.29 is 23.9 Å². The van der Waals surface area contributed by atoms with E-state index in [1.165, 1.54) is 6.07 Å². The summed E-state index contributed by atoms with van der Waals surface area (Å²) >= 11 is 0. The predicted octanol–water partition coefficient (Wildman–Crippen LogP) is 3.06. The number of nitrogens with zero attached hydrogens (tertiary/aromatic N) is 3. The number of nitro groups is 1. The van der Waals surface area contributed by atoms with E-state index in [0.29, 0.717) is 17.9 Å². The largest absolute Gasteiger partial charge is 0.490 e. The average molecular weight is 400 g/mol. The number of carbonyl (C=O) groups excluding carboxylic acids is 1. The number of nitrogens with two attached hydrogens (primary N) is 1. The third-order valence-corrected chi connectivity index (χ3v) is 4.02. The maximum Gasteiger partial charge on any atom is 0.414 e. The minimum absolute atomic E-state index is 0.00436. The van der Waals surface area contributed by atoms with Gasteiger partial charge in [0.05, 0.1) is 18.1 Å². The molecule has 10 nitrogen and oxygen atoms in total. The number of hydrogen-bond donors (Lipinski definition) is 1. The highest BCUT2D eigenvalue weighted by molar-refractivity contribution is 5.92. The molecule has 2 N–H and O–H groups in total. The third-order valence-electron chi connectivity index (χ3n) is 4.02. The number of carbonyl (C=O) groups is 1. The van der Waals surface area contributed by atoms with Gasteiger partial charge in [0.1, 0.15) is 24.7 Å². The molecule has 2 heterocycles. The highest BCUT2D eigenvalue weighted by Gasteiger charge is 2.30. The standard InChI is InChI=1S/C19H20N4O6/c1-2-27-19(24)22-12-13-6-5-7-14(10-13)28-8-3-4-9-29-16-11-15(22)17(23(25)26)18(20)21-16/h3-7,10-11H,2,8-9,12H2,1H3,(H2,20,21)/b4-3+. The number of benzene rings is 1. The molecule has 0 atom stereocenters. The number of aromatic nitrogens is 1. The lowest BCUT2D eigenvalue weighted by Gasteiger charge is -2.23. The van der Waals surface area contributed by atoms with Gasteiger partial charge >= 0.3 is 11.8 Å². The fourth-order valence-corrected chi connectivity index (χ4v) is 2.77. The minimum Gasteiger partial charge on any atom is -0.490 e. The van der Waals surface area contributed by atoms with Crippen LogP contribution in [0, 0.1) is 10.1 Å². The second kappa shape index (κ2) is 8.91. The SMILES string of the molecule is CCOC(=O)N1Cc2cccc(c2)OC/C=C/COc2cc1c([N+](=O)[O-])c(N)n2. The summed E-state index contributed by atoms with van der Waals surface area (Å²) in [5.74, 6) is 0.289. The van der Waals surface area contributed by atoms with Gasteiger partial charge in [-0.25, -0.2) is 4.79 Å². The number of rotatable bonds is 2.